The van der Waals surface area contributed by atoms with Gasteiger partial charge in [0.15, 0.2) is 0 Å². The summed E-state index contributed by atoms with van der Waals surface area (Å²) >= 11 is 0. The third-order valence-corrected chi connectivity index (χ3v) is 3.66. The van der Waals surface area contributed by atoms with Gasteiger partial charge in [-0.2, -0.15) is 0 Å². The van der Waals surface area contributed by atoms with Crippen LogP contribution in [0.5, 0.6) is 0 Å². The highest BCUT2D eigenvalue weighted by Gasteiger charge is 2.25. The number of nitrogens with zero attached hydrogens (tertiary/aromatic N) is 1. The van der Waals surface area contributed by atoms with Crippen LogP contribution in [0.3, 0.4) is 0 Å². The van der Waals surface area contributed by atoms with Gasteiger partial charge < -0.3 is 5.73 Å². The van der Waals surface area contributed by atoms with E-state index in [1.165, 1.54) is 18.9 Å². The van der Waals surface area contributed by atoms with E-state index in [4.69, 9.17) is 11.1 Å². The number of halogens is 1. The minimum atomic E-state index is -0.269. The van der Waals surface area contributed by atoms with E-state index >= 15 is 0 Å². The molecule has 0 unspecified atom stereocenters. The minimum absolute atomic E-state index is 0.0934. The lowest BCUT2D eigenvalue weighted by Crippen LogP contribution is -2.32. The van der Waals surface area contributed by atoms with Crippen LogP contribution in [0.15, 0.2) is 18.2 Å². The molecule has 1 aliphatic carbocycles. The van der Waals surface area contributed by atoms with Crippen molar-refractivity contribution in [1.29, 1.82) is 5.41 Å². The van der Waals surface area contributed by atoms with Gasteiger partial charge in [0.25, 0.3) is 0 Å². The van der Waals surface area contributed by atoms with Gasteiger partial charge in [-0.05, 0) is 38.7 Å². The molecular weight excluding hydrogens is 241 g/mol. The van der Waals surface area contributed by atoms with Crippen molar-refractivity contribution in [3.63, 3.8) is 0 Å². The van der Waals surface area contributed by atoms with Crippen LogP contribution in [-0.2, 0) is 6.54 Å². The van der Waals surface area contributed by atoms with Crippen molar-refractivity contribution in [1.82, 2.24) is 4.90 Å². The molecule has 3 N–H and O–H groups in total. The van der Waals surface area contributed by atoms with Crippen LogP contribution in [0.4, 0.5) is 4.39 Å². The number of nitrogens with one attached hydrogen (secondary N) is 1. The fourth-order valence-electron chi connectivity index (χ4n) is 2.15. The summed E-state index contributed by atoms with van der Waals surface area (Å²) in [6.07, 6.45) is 2.60. The average Bonchev–Trinajstić information content (AvgIpc) is 3.14. The van der Waals surface area contributed by atoms with Gasteiger partial charge in [0, 0.05) is 30.3 Å². The largest absolute Gasteiger partial charge is 0.384 e. The Morgan fingerprint density at radius 1 is 1.47 bits per heavy atom. The quantitative estimate of drug-likeness (QED) is 0.612. The zero-order valence-electron chi connectivity index (χ0n) is 11.6. The lowest BCUT2D eigenvalue weighted by molar-refractivity contribution is 0.201. The molecule has 0 spiro atoms. The standard InChI is InChI=1S/C15H22FN3/c1-10(2)19(8-11-3-4-11)9-13-6-5-12(15(17)18)7-14(13)16/h5-7,10-11H,3-4,8-9H2,1-2H3,(H3,17,18). The molecule has 1 aromatic rings. The Balaban J connectivity index is 2.09. The molecule has 0 amide bonds. The monoisotopic (exact) mass is 263 g/mol. The lowest BCUT2D eigenvalue weighted by atomic mass is 10.1. The Morgan fingerprint density at radius 2 is 2.16 bits per heavy atom. The fourth-order valence-corrected chi connectivity index (χ4v) is 2.15. The Bertz CT molecular complexity index is 466. The molecule has 1 aliphatic rings. The van der Waals surface area contributed by atoms with Crippen molar-refractivity contribution in [3.8, 4) is 0 Å². The maximum atomic E-state index is 14.0. The molecule has 2 rings (SSSR count). The van der Waals surface area contributed by atoms with E-state index in [2.05, 4.69) is 18.7 Å². The molecule has 3 nitrogen and oxygen atoms in total. The number of rotatable bonds is 6. The molecule has 1 fully saturated rings. The second-order valence-electron chi connectivity index (χ2n) is 5.69. The van der Waals surface area contributed by atoms with Crippen LogP contribution in [0.1, 0.15) is 37.8 Å². The average molecular weight is 263 g/mol. The summed E-state index contributed by atoms with van der Waals surface area (Å²) in [5, 5.41) is 7.31. The number of benzene rings is 1. The number of amidine groups is 1. The van der Waals surface area contributed by atoms with Crippen LogP contribution in [-0.4, -0.2) is 23.3 Å². The van der Waals surface area contributed by atoms with Crippen LogP contribution in [0.2, 0.25) is 0 Å². The van der Waals surface area contributed by atoms with Crippen molar-refractivity contribution in [2.75, 3.05) is 6.54 Å². The summed E-state index contributed by atoms with van der Waals surface area (Å²) in [5.74, 6) is 0.431. The Hall–Kier alpha value is -1.42. The molecule has 0 atom stereocenters. The van der Waals surface area contributed by atoms with Gasteiger partial charge in [0.05, 0.1) is 0 Å². The highest BCUT2D eigenvalue weighted by atomic mass is 19.1. The third-order valence-electron chi connectivity index (χ3n) is 3.66. The van der Waals surface area contributed by atoms with Gasteiger partial charge >= 0.3 is 0 Å². The highest BCUT2D eigenvalue weighted by Crippen LogP contribution is 2.31. The molecule has 0 radical (unpaired) electrons. The Morgan fingerprint density at radius 3 is 2.63 bits per heavy atom. The van der Waals surface area contributed by atoms with Crippen molar-refractivity contribution in [3.05, 3.63) is 35.1 Å². The van der Waals surface area contributed by atoms with Crippen molar-refractivity contribution >= 4 is 5.84 Å². The molecule has 1 saturated carbocycles. The number of nitrogens with two attached hydrogens (primary N) is 1. The molecule has 0 aliphatic heterocycles. The molecule has 19 heavy (non-hydrogen) atoms. The highest BCUT2D eigenvalue weighted by molar-refractivity contribution is 5.94. The smallest absolute Gasteiger partial charge is 0.128 e. The van der Waals surface area contributed by atoms with Crippen molar-refractivity contribution in [2.45, 2.75) is 39.3 Å². The van der Waals surface area contributed by atoms with Crippen LogP contribution >= 0.6 is 0 Å². The summed E-state index contributed by atoms with van der Waals surface area (Å²) in [5.41, 5.74) is 6.49. The zero-order valence-corrected chi connectivity index (χ0v) is 11.6. The maximum absolute atomic E-state index is 14.0. The molecule has 104 valence electrons. The van der Waals surface area contributed by atoms with E-state index < -0.39 is 0 Å². The first kappa shape index (κ1) is 14.0. The van der Waals surface area contributed by atoms with Gasteiger partial charge in [-0.15, -0.1) is 0 Å². The third kappa shape index (κ3) is 3.77. The van der Waals surface area contributed by atoms with E-state index in [0.29, 0.717) is 23.7 Å². The molecule has 1 aromatic carbocycles. The van der Waals surface area contributed by atoms with Crippen molar-refractivity contribution < 1.29 is 4.39 Å². The second kappa shape index (κ2) is 5.70. The van der Waals surface area contributed by atoms with Crippen LogP contribution < -0.4 is 5.73 Å². The molecule has 0 bridgehead atoms. The van der Waals surface area contributed by atoms with Gasteiger partial charge in [-0.3, -0.25) is 10.3 Å². The summed E-state index contributed by atoms with van der Waals surface area (Å²) in [6.45, 7) is 5.96. The molecule has 0 heterocycles. The first-order valence-corrected chi connectivity index (χ1v) is 6.84. The van der Waals surface area contributed by atoms with E-state index in [-0.39, 0.29) is 11.7 Å². The normalized spacial score (nSPS) is 15.2. The van der Waals surface area contributed by atoms with Gasteiger partial charge in [-0.25, -0.2) is 4.39 Å². The number of hydrogen-bond acceptors (Lipinski definition) is 2. The van der Waals surface area contributed by atoms with Crippen LogP contribution in [0, 0.1) is 17.1 Å². The molecule has 0 saturated heterocycles. The Labute approximate surface area is 114 Å². The van der Waals surface area contributed by atoms with Gasteiger partial charge in [0.1, 0.15) is 11.7 Å². The summed E-state index contributed by atoms with van der Waals surface area (Å²) in [4.78, 5) is 2.31. The zero-order chi connectivity index (χ0) is 14.0. The van der Waals surface area contributed by atoms with Crippen molar-refractivity contribution in [2.24, 2.45) is 11.7 Å². The lowest BCUT2D eigenvalue weighted by Gasteiger charge is -2.26. The molecule has 0 aromatic heterocycles. The second-order valence-corrected chi connectivity index (χ2v) is 5.69. The van der Waals surface area contributed by atoms with Gasteiger partial charge in [-0.1, -0.05) is 12.1 Å². The maximum Gasteiger partial charge on any atom is 0.128 e. The Kier molecular flexibility index (Phi) is 4.20. The van der Waals surface area contributed by atoms with E-state index in [1.807, 2.05) is 0 Å². The number of nitrogen functional groups attached to an aromatic ring is 1. The van der Waals surface area contributed by atoms with Gasteiger partial charge in [0.2, 0.25) is 0 Å². The minimum Gasteiger partial charge on any atom is -0.384 e. The topological polar surface area (TPSA) is 53.1 Å². The van der Waals surface area contributed by atoms with E-state index in [1.54, 1.807) is 12.1 Å². The summed E-state index contributed by atoms with van der Waals surface area (Å²) in [7, 11) is 0. The molecular formula is C15H22FN3. The first-order valence-electron chi connectivity index (χ1n) is 6.84. The van der Waals surface area contributed by atoms with E-state index in [0.717, 1.165) is 12.5 Å². The SMILES string of the molecule is CC(C)N(Cc1ccc(C(=N)N)cc1F)CC1CC1. The first-order chi connectivity index (χ1) is 8.97. The predicted octanol–water partition coefficient (Wildman–Crippen LogP) is 2.73. The molecule has 4 heteroatoms. The fraction of sp³-hybridized carbons (Fsp3) is 0.533. The van der Waals surface area contributed by atoms with Crippen LogP contribution in [0.25, 0.3) is 0 Å². The predicted molar refractivity (Wildman–Crippen MR) is 75.7 cm³/mol. The summed E-state index contributed by atoms with van der Waals surface area (Å²) < 4.78 is 14.0. The number of hydrogen-bond donors (Lipinski definition) is 2. The summed E-state index contributed by atoms with van der Waals surface area (Å²) in [6, 6.07) is 5.23. The van der Waals surface area contributed by atoms with E-state index in [9.17, 15) is 4.39 Å².